The second kappa shape index (κ2) is 8.77. The van der Waals surface area contributed by atoms with Crippen molar-refractivity contribution >= 4 is 34.8 Å². The second-order valence-electron chi connectivity index (χ2n) is 9.84. The second-order valence-corrected chi connectivity index (χ2v) is 10.2. The summed E-state index contributed by atoms with van der Waals surface area (Å²) in [5, 5.41) is 10.2. The van der Waals surface area contributed by atoms with Crippen LogP contribution < -0.4 is 10.9 Å². The summed E-state index contributed by atoms with van der Waals surface area (Å²) in [7, 11) is 0. The molecule has 1 amide bonds. The molecule has 1 fully saturated rings. The Balaban J connectivity index is 1.42. The first-order chi connectivity index (χ1) is 15.2. The Morgan fingerprint density at radius 1 is 1.28 bits per heavy atom. The summed E-state index contributed by atoms with van der Waals surface area (Å²) in [6, 6.07) is 4.05. The summed E-state index contributed by atoms with van der Waals surface area (Å²) in [6.07, 6.45) is 4.58. The standard InChI is InChI=1S/C23H30FN5O2S/c1-23(2,3)15-7-5-14(6-8-15)19(30)25-11-4-12-28-20(31)17-13-16(24)9-10-18(17)29-21(28)26-27-22(29)32/h9-10,13-15H,4-8,11-12H2,1-3H3,(H,25,30)(H,27,32)/t14-,15-. The van der Waals surface area contributed by atoms with E-state index in [-0.39, 0.29) is 28.2 Å². The minimum absolute atomic E-state index is 0.0661. The number of aromatic nitrogens is 4. The van der Waals surface area contributed by atoms with Gasteiger partial charge in [-0.2, -0.15) is 0 Å². The number of H-pyrrole nitrogens is 1. The lowest BCUT2D eigenvalue weighted by molar-refractivity contribution is -0.126. The molecule has 0 unspecified atom stereocenters. The summed E-state index contributed by atoms with van der Waals surface area (Å²) < 4.78 is 17.2. The van der Waals surface area contributed by atoms with Crippen molar-refractivity contribution in [2.45, 2.75) is 59.4 Å². The van der Waals surface area contributed by atoms with Crippen molar-refractivity contribution in [3.05, 3.63) is 39.1 Å². The van der Waals surface area contributed by atoms with Crippen LogP contribution in [0.1, 0.15) is 52.9 Å². The summed E-state index contributed by atoms with van der Waals surface area (Å²) in [5.74, 6) is 0.725. The zero-order valence-electron chi connectivity index (χ0n) is 18.8. The van der Waals surface area contributed by atoms with Gasteiger partial charge in [-0.25, -0.2) is 9.49 Å². The van der Waals surface area contributed by atoms with Crippen molar-refractivity contribution in [2.75, 3.05) is 6.54 Å². The number of carbonyl (C=O) groups excluding carboxylic acids is 1. The van der Waals surface area contributed by atoms with Crippen molar-refractivity contribution in [3.63, 3.8) is 0 Å². The van der Waals surface area contributed by atoms with E-state index in [2.05, 4.69) is 36.3 Å². The normalized spacial score (nSPS) is 19.5. The maximum Gasteiger partial charge on any atom is 0.262 e. The maximum atomic E-state index is 13.8. The average molecular weight is 460 g/mol. The Morgan fingerprint density at radius 3 is 2.69 bits per heavy atom. The van der Waals surface area contributed by atoms with Crippen molar-refractivity contribution in [1.82, 2.24) is 24.5 Å². The van der Waals surface area contributed by atoms with Gasteiger partial charge in [-0.15, -0.1) is 5.10 Å². The number of aromatic amines is 1. The number of aryl methyl sites for hydroxylation is 1. The summed E-state index contributed by atoms with van der Waals surface area (Å²) in [4.78, 5) is 25.6. The first-order valence-electron chi connectivity index (χ1n) is 11.2. The van der Waals surface area contributed by atoms with Gasteiger partial charge in [0.05, 0.1) is 10.9 Å². The molecule has 7 nitrogen and oxygen atoms in total. The van der Waals surface area contributed by atoms with Crippen molar-refractivity contribution < 1.29 is 9.18 Å². The number of rotatable bonds is 5. The highest BCUT2D eigenvalue weighted by Crippen LogP contribution is 2.39. The van der Waals surface area contributed by atoms with Gasteiger partial charge in [0.25, 0.3) is 5.56 Å². The van der Waals surface area contributed by atoms with Crippen LogP contribution in [0, 0.1) is 27.8 Å². The van der Waals surface area contributed by atoms with Crippen LogP contribution in [0.25, 0.3) is 16.7 Å². The molecule has 0 aliphatic heterocycles. The van der Waals surface area contributed by atoms with E-state index in [1.165, 1.54) is 22.8 Å². The molecule has 3 aromatic rings. The van der Waals surface area contributed by atoms with Crippen molar-refractivity contribution in [3.8, 4) is 0 Å². The molecule has 0 atom stereocenters. The van der Waals surface area contributed by atoms with Gasteiger partial charge >= 0.3 is 0 Å². The molecule has 4 rings (SSSR count). The van der Waals surface area contributed by atoms with Crippen LogP contribution in [0.2, 0.25) is 0 Å². The first-order valence-corrected chi connectivity index (χ1v) is 11.6. The third-order valence-corrected chi connectivity index (χ3v) is 7.03. The number of amides is 1. The summed E-state index contributed by atoms with van der Waals surface area (Å²) in [6.45, 7) is 7.61. The van der Waals surface area contributed by atoms with E-state index in [0.717, 1.165) is 25.7 Å². The van der Waals surface area contributed by atoms with Gasteiger partial charge in [0.1, 0.15) is 5.82 Å². The van der Waals surface area contributed by atoms with Crippen LogP contribution in [0.5, 0.6) is 0 Å². The zero-order valence-corrected chi connectivity index (χ0v) is 19.6. The Morgan fingerprint density at radius 2 is 2.00 bits per heavy atom. The summed E-state index contributed by atoms with van der Waals surface area (Å²) in [5.41, 5.74) is 0.478. The van der Waals surface area contributed by atoms with E-state index in [1.54, 1.807) is 4.40 Å². The molecule has 2 heterocycles. The molecule has 172 valence electrons. The molecule has 2 N–H and O–H groups in total. The number of nitrogens with one attached hydrogen (secondary N) is 2. The molecule has 0 spiro atoms. The van der Waals surface area contributed by atoms with Crippen LogP contribution in [0.4, 0.5) is 4.39 Å². The van der Waals surface area contributed by atoms with Crippen molar-refractivity contribution in [1.29, 1.82) is 0 Å². The Hall–Kier alpha value is -2.55. The number of benzene rings is 1. The van der Waals surface area contributed by atoms with Crippen molar-refractivity contribution in [2.24, 2.45) is 17.3 Å². The van der Waals surface area contributed by atoms with Gasteiger partial charge in [0.15, 0.2) is 0 Å². The maximum absolute atomic E-state index is 13.8. The van der Waals surface area contributed by atoms with Gasteiger partial charge in [-0.1, -0.05) is 20.8 Å². The number of halogens is 1. The fourth-order valence-corrected chi connectivity index (χ4v) is 5.04. The number of hydrogen-bond donors (Lipinski definition) is 2. The molecule has 1 aromatic carbocycles. The van der Waals surface area contributed by atoms with E-state index >= 15 is 0 Å². The Bertz CT molecular complexity index is 1260. The predicted molar refractivity (Wildman–Crippen MR) is 125 cm³/mol. The summed E-state index contributed by atoms with van der Waals surface area (Å²) >= 11 is 5.30. The molecule has 1 aliphatic rings. The molecule has 32 heavy (non-hydrogen) atoms. The predicted octanol–water partition coefficient (Wildman–Crippen LogP) is 4.20. The van der Waals surface area contributed by atoms with Crippen LogP contribution >= 0.6 is 12.2 Å². The molecule has 9 heteroatoms. The fraction of sp³-hybridized carbons (Fsp3) is 0.565. The molecule has 0 saturated heterocycles. The molecule has 2 aromatic heterocycles. The van der Waals surface area contributed by atoms with Gasteiger partial charge in [-0.3, -0.25) is 18.6 Å². The third kappa shape index (κ3) is 4.35. The smallest absolute Gasteiger partial charge is 0.262 e. The highest BCUT2D eigenvalue weighted by molar-refractivity contribution is 7.71. The Kier molecular flexibility index (Phi) is 6.20. The molecule has 1 aliphatic carbocycles. The fourth-order valence-electron chi connectivity index (χ4n) is 4.81. The molecule has 0 bridgehead atoms. The van der Waals surface area contributed by atoms with E-state index in [9.17, 15) is 14.0 Å². The number of carbonyl (C=O) groups is 1. The minimum atomic E-state index is -0.482. The van der Waals surface area contributed by atoms with E-state index in [0.29, 0.717) is 41.5 Å². The highest BCUT2D eigenvalue weighted by atomic mass is 32.1. The van der Waals surface area contributed by atoms with Gasteiger partial charge < -0.3 is 5.32 Å². The molecule has 0 radical (unpaired) electrons. The van der Waals surface area contributed by atoms with E-state index in [4.69, 9.17) is 12.2 Å². The highest BCUT2D eigenvalue weighted by Gasteiger charge is 2.32. The van der Waals surface area contributed by atoms with Gasteiger partial charge in [-0.05, 0) is 73.9 Å². The largest absolute Gasteiger partial charge is 0.356 e. The molecule has 1 saturated carbocycles. The van der Waals surface area contributed by atoms with Crippen LogP contribution in [-0.4, -0.2) is 31.6 Å². The molecular formula is C23H30FN5O2S. The monoisotopic (exact) mass is 459 g/mol. The average Bonchev–Trinajstić information content (AvgIpc) is 3.14. The SMILES string of the molecule is CC(C)(C)[C@H]1CC[C@H](C(=O)NCCCn2c(=O)c3cc(F)ccc3n3c(=S)[nH]nc23)CC1. The number of nitrogens with zero attached hydrogens (tertiary/aromatic N) is 3. The van der Waals surface area contributed by atoms with Crippen LogP contribution in [0.15, 0.2) is 23.0 Å². The molecular weight excluding hydrogens is 429 g/mol. The zero-order chi connectivity index (χ0) is 23.0. The lowest BCUT2D eigenvalue weighted by atomic mass is 9.69. The number of hydrogen-bond acceptors (Lipinski definition) is 4. The van der Waals surface area contributed by atoms with E-state index < -0.39 is 5.82 Å². The topological polar surface area (TPSA) is 84.2 Å². The Labute approximate surface area is 191 Å². The van der Waals surface area contributed by atoms with Gasteiger partial charge in [0, 0.05) is 19.0 Å². The lowest BCUT2D eigenvalue weighted by Crippen LogP contribution is -2.36. The van der Waals surface area contributed by atoms with E-state index in [1.807, 2.05) is 0 Å². The first kappa shape index (κ1) is 22.6. The lowest BCUT2D eigenvalue weighted by Gasteiger charge is -2.36. The number of fused-ring (bicyclic) bond motifs is 3. The minimum Gasteiger partial charge on any atom is -0.356 e. The third-order valence-electron chi connectivity index (χ3n) is 6.75. The quantitative estimate of drug-likeness (QED) is 0.442. The van der Waals surface area contributed by atoms with Crippen LogP contribution in [-0.2, 0) is 11.3 Å². The van der Waals surface area contributed by atoms with Gasteiger partial charge in [0.2, 0.25) is 16.5 Å². The van der Waals surface area contributed by atoms with Crippen LogP contribution in [0.3, 0.4) is 0 Å².